The summed E-state index contributed by atoms with van der Waals surface area (Å²) in [5.74, 6) is -3.17. The van der Waals surface area contributed by atoms with Crippen molar-refractivity contribution in [3.8, 4) is 16.9 Å². The number of carbonyl (C=O) groups is 2. The molecule has 0 radical (unpaired) electrons. The summed E-state index contributed by atoms with van der Waals surface area (Å²) in [5.41, 5.74) is -0.656. The summed E-state index contributed by atoms with van der Waals surface area (Å²) < 4.78 is 69.8. The smallest absolute Gasteiger partial charge is 0.341 e. The Bertz CT molecular complexity index is 1910. The van der Waals surface area contributed by atoms with Gasteiger partial charge in [0, 0.05) is 57.1 Å². The van der Waals surface area contributed by atoms with Crippen LogP contribution in [0, 0.1) is 11.6 Å². The maximum atomic E-state index is 14.2. The molecule has 2 amide bonds. The predicted molar refractivity (Wildman–Crippen MR) is 145 cm³/mol. The van der Waals surface area contributed by atoms with Gasteiger partial charge in [-0.2, -0.15) is 18.3 Å². The maximum absolute atomic E-state index is 14.2. The molecule has 1 unspecified atom stereocenters. The molecule has 3 aromatic carbocycles. The van der Waals surface area contributed by atoms with E-state index in [0.717, 1.165) is 12.1 Å². The lowest BCUT2D eigenvalue weighted by atomic mass is 9.93. The van der Waals surface area contributed by atoms with Gasteiger partial charge in [0.2, 0.25) is 0 Å². The number of hydrogen-bond donors (Lipinski definition) is 2. The number of nitrogens with one attached hydrogen (secondary N) is 2. The summed E-state index contributed by atoms with van der Waals surface area (Å²) in [6.45, 7) is 0. The Hall–Kier alpha value is -5.17. The van der Waals surface area contributed by atoms with Crippen LogP contribution in [0.4, 0.5) is 27.6 Å². The Kier molecular flexibility index (Phi) is 6.89. The van der Waals surface area contributed by atoms with Crippen LogP contribution in [0.1, 0.15) is 43.4 Å². The number of alkyl halides is 3. The number of anilines is 1. The summed E-state index contributed by atoms with van der Waals surface area (Å²) >= 11 is 6.33. The van der Waals surface area contributed by atoms with E-state index in [1.54, 1.807) is 6.20 Å². The number of halogens is 6. The lowest BCUT2D eigenvalue weighted by Crippen LogP contribution is -2.21. The average molecular weight is 611 g/mol. The van der Waals surface area contributed by atoms with E-state index >= 15 is 0 Å². The minimum Gasteiger partial charge on any atom is -0.341 e. The third-order valence-electron chi connectivity index (χ3n) is 6.69. The van der Waals surface area contributed by atoms with Gasteiger partial charge in [-0.1, -0.05) is 11.6 Å². The fraction of sp³-hybridized carbons (Fsp3) is 0.0690. The van der Waals surface area contributed by atoms with Gasteiger partial charge in [-0.25, -0.2) is 18.4 Å². The molecule has 0 fully saturated rings. The van der Waals surface area contributed by atoms with Gasteiger partial charge in [0.15, 0.2) is 5.82 Å². The lowest BCUT2D eigenvalue weighted by Gasteiger charge is -2.19. The third-order valence-corrected chi connectivity index (χ3v) is 7.04. The highest BCUT2D eigenvalue weighted by Crippen LogP contribution is 2.42. The van der Waals surface area contributed by atoms with E-state index in [4.69, 9.17) is 11.6 Å². The van der Waals surface area contributed by atoms with Gasteiger partial charge >= 0.3 is 6.18 Å². The third kappa shape index (κ3) is 5.42. The molecule has 2 N–H and O–H groups in total. The minimum absolute atomic E-state index is 0.00810. The Labute approximate surface area is 244 Å². The Morgan fingerprint density at radius 2 is 1.79 bits per heavy atom. The SMILES string of the molecule is O=C(Nc1cc(-c2cnn(-c3cnccn3)c2)cc2c1C(c1cc(F)ccc1Cl)NC2=O)c1cc(F)cc(C(F)(F)F)c1. The monoisotopic (exact) mass is 610 g/mol. The first kappa shape index (κ1) is 28.0. The molecule has 216 valence electrons. The van der Waals surface area contributed by atoms with E-state index in [1.807, 2.05) is 0 Å². The zero-order chi connectivity index (χ0) is 30.5. The predicted octanol–water partition coefficient (Wildman–Crippen LogP) is 6.36. The van der Waals surface area contributed by atoms with Gasteiger partial charge in [0.1, 0.15) is 11.6 Å². The Balaban J connectivity index is 1.48. The Morgan fingerprint density at radius 1 is 0.977 bits per heavy atom. The van der Waals surface area contributed by atoms with Crippen LogP contribution in [0.5, 0.6) is 0 Å². The number of fused-ring (bicyclic) bond motifs is 1. The number of hydrogen-bond acceptors (Lipinski definition) is 5. The molecular formula is C29H16ClF5N6O2. The van der Waals surface area contributed by atoms with Crippen LogP contribution in [0.25, 0.3) is 16.9 Å². The van der Waals surface area contributed by atoms with Crippen LogP contribution in [0.15, 0.2) is 79.5 Å². The van der Waals surface area contributed by atoms with E-state index in [9.17, 15) is 31.5 Å². The quantitative estimate of drug-likeness (QED) is 0.225. The first-order valence-electron chi connectivity index (χ1n) is 12.4. The van der Waals surface area contributed by atoms with Crippen LogP contribution in [0.2, 0.25) is 5.02 Å². The highest BCUT2D eigenvalue weighted by Gasteiger charge is 2.36. The summed E-state index contributed by atoms with van der Waals surface area (Å²) in [5, 5.41) is 9.61. The molecular weight excluding hydrogens is 595 g/mol. The molecule has 8 nitrogen and oxygen atoms in total. The highest BCUT2D eigenvalue weighted by molar-refractivity contribution is 6.31. The molecule has 2 aromatic heterocycles. The molecule has 1 atom stereocenters. The second-order valence-corrected chi connectivity index (χ2v) is 9.88. The van der Waals surface area contributed by atoms with Crippen molar-refractivity contribution in [1.82, 2.24) is 25.1 Å². The normalized spacial score (nSPS) is 14.4. The van der Waals surface area contributed by atoms with Crippen molar-refractivity contribution < 1.29 is 31.5 Å². The number of benzene rings is 3. The zero-order valence-electron chi connectivity index (χ0n) is 21.5. The molecule has 0 bridgehead atoms. The average Bonchev–Trinajstić information content (AvgIpc) is 3.59. The van der Waals surface area contributed by atoms with Gasteiger partial charge in [-0.05, 0) is 54.1 Å². The van der Waals surface area contributed by atoms with Gasteiger partial charge in [-0.15, -0.1) is 0 Å². The molecule has 0 aliphatic carbocycles. The molecule has 1 aliphatic rings. The molecule has 14 heteroatoms. The van der Waals surface area contributed by atoms with Crippen molar-refractivity contribution in [3.05, 3.63) is 124 Å². The van der Waals surface area contributed by atoms with Crippen molar-refractivity contribution in [2.24, 2.45) is 0 Å². The van der Waals surface area contributed by atoms with E-state index in [0.29, 0.717) is 29.1 Å². The number of rotatable bonds is 5. The molecule has 1 aliphatic heterocycles. The molecule has 3 heterocycles. The standard InChI is InChI=1S/C29H16ClF5N6O2/c30-22-2-1-18(31)10-20(22)26-25-21(28(43)40-26)7-14(16-11-38-41(13-16)24-12-36-3-4-37-24)8-23(25)39-27(42)15-5-17(29(33,34)35)9-19(32)6-15/h1-13,26H,(H,39,42)(H,40,43). The van der Waals surface area contributed by atoms with E-state index in [-0.39, 0.29) is 33.5 Å². The molecule has 0 saturated heterocycles. The first-order valence-corrected chi connectivity index (χ1v) is 12.8. The zero-order valence-corrected chi connectivity index (χ0v) is 22.2. The van der Waals surface area contributed by atoms with Gasteiger partial charge in [0.05, 0.1) is 24.0 Å². The number of nitrogens with zero attached hydrogens (tertiary/aromatic N) is 4. The van der Waals surface area contributed by atoms with Crippen LogP contribution in [-0.4, -0.2) is 31.6 Å². The Morgan fingerprint density at radius 3 is 2.53 bits per heavy atom. The van der Waals surface area contributed by atoms with Crippen LogP contribution < -0.4 is 10.6 Å². The molecule has 5 aromatic rings. The largest absolute Gasteiger partial charge is 0.416 e. The fourth-order valence-electron chi connectivity index (χ4n) is 4.76. The van der Waals surface area contributed by atoms with Crippen molar-refractivity contribution in [3.63, 3.8) is 0 Å². The molecule has 0 spiro atoms. The lowest BCUT2D eigenvalue weighted by molar-refractivity contribution is -0.137. The molecule has 6 rings (SSSR count). The summed E-state index contributed by atoms with van der Waals surface area (Å²) in [4.78, 5) is 34.6. The molecule has 43 heavy (non-hydrogen) atoms. The number of aromatic nitrogens is 4. The van der Waals surface area contributed by atoms with E-state index < -0.39 is 46.8 Å². The summed E-state index contributed by atoms with van der Waals surface area (Å²) in [7, 11) is 0. The van der Waals surface area contributed by atoms with E-state index in [1.165, 1.54) is 47.7 Å². The minimum atomic E-state index is -4.91. The van der Waals surface area contributed by atoms with Crippen molar-refractivity contribution in [1.29, 1.82) is 0 Å². The van der Waals surface area contributed by atoms with Crippen LogP contribution in [0.3, 0.4) is 0 Å². The maximum Gasteiger partial charge on any atom is 0.416 e. The molecule has 0 saturated carbocycles. The van der Waals surface area contributed by atoms with Crippen LogP contribution in [-0.2, 0) is 6.18 Å². The van der Waals surface area contributed by atoms with Gasteiger partial charge < -0.3 is 10.6 Å². The second kappa shape index (κ2) is 10.6. The first-order chi connectivity index (χ1) is 20.5. The fourth-order valence-corrected chi connectivity index (χ4v) is 4.98. The van der Waals surface area contributed by atoms with Crippen LogP contribution >= 0.6 is 11.6 Å². The van der Waals surface area contributed by atoms with Crippen molar-refractivity contribution >= 4 is 29.1 Å². The number of amides is 2. The second-order valence-electron chi connectivity index (χ2n) is 9.48. The number of carbonyl (C=O) groups excluding carboxylic acids is 2. The van der Waals surface area contributed by atoms with E-state index in [2.05, 4.69) is 25.7 Å². The van der Waals surface area contributed by atoms with Gasteiger partial charge in [-0.3, -0.25) is 14.6 Å². The van der Waals surface area contributed by atoms with Crippen molar-refractivity contribution in [2.45, 2.75) is 12.2 Å². The van der Waals surface area contributed by atoms with Crippen molar-refractivity contribution in [2.75, 3.05) is 5.32 Å². The summed E-state index contributed by atoms with van der Waals surface area (Å²) in [6, 6.07) is 6.96. The topological polar surface area (TPSA) is 102 Å². The highest BCUT2D eigenvalue weighted by atomic mass is 35.5. The van der Waals surface area contributed by atoms with Gasteiger partial charge in [0.25, 0.3) is 11.8 Å². The summed E-state index contributed by atoms with van der Waals surface area (Å²) in [6.07, 6.45) is 2.58.